The minimum absolute atomic E-state index is 0.0652. The van der Waals surface area contributed by atoms with Crippen LogP contribution in [0.5, 0.6) is 0 Å². The van der Waals surface area contributed by atoms with E-state index in [1.165, 1.54) is 0 Å². The first-order valence-electron chi connectivity index (χ1n) is 19.8. The van der Waals surface area contributed by atoms with Crippen LogP contribution in [-0.4, -0.2) is 228 Å². The molecule has 0 aromatic heterocycles. The lowest BCUT2D eigenvalue weighted by molar-refractivity contribution is -0.123. The van der Waals surface area contributed by atoms with Gasteiger partial charge in [-0.25, -0.2) is 0 Å². The lowest BCUT2D eigenvalue weighted by Gasteiger charge is -2.22. The molecule has 0 fully saturated rings. The molecule has 0 spiro atoms. The first-order chi connectivity index (χ1) is 25.6. The monoisotopic (exact) mass is 763 g/mol. The number of nitrogens with zero attached hydrogens (tertiary/aromatic N) is 5. The molecular weight excluding hydrogens is 684 g/mol. The Morgan fingerprint density at radius 2 is 0.849 bits per heavy atom. The summed E-state index contributed by atoms with van der Waals surface area (Å²) in [5, 5.41) is 2.93. The summed E-state index contributed by atoms with van der Waals surface area (Å²) in [5.74, 6) is 0.187. The van der Waals surface area contributed by atoms with E-state index in [1.807, 2.05) is 38.0 Å². The van der Waals surface area contributed by atoms with Crippen LogP contribution in [-0.2, 0) is 42.8 Å². The maximum Gasteiger partial charge on any atom is 0.234 e. The number of ether oxygens (including phenoxy) is 6. The number of hydrogen-bond donors (Lipinski definition) is 1. The zero-order valence-corrected chi connectivity index (χ0v) is 34.7. The van der Waals surface area contributed by atoms with Crippen molar-refractivity contribution in [2.45, 2.75) is 46.5 Å². The highest BCUT2D eigenvalue weighted by atomic mass is 16.5. The SMILES string of the molecule is CCCOCCN(CCOCCN(C)C)CC(=O)CCCOCCN(CCOCCNC(=O)CN(CCOCCC)CCOCCN(C)C)CC(C)=O. The van der Waals surface area contributed by atoms with Gasteiger partial charge in [-0.15, -0.1) is 0 Å². The smallest absolute Gasteiger partial charge is 0.234 e. The summed E-state index contributed by atoms with van der Waals surface area (Å²) in [7, 11) is 8.05. The van der Waals surface area contributed by atoms with Gasteiger partial charge in [0.25, 0.3) is 0 Å². The van der Waals surface area contributed by atoms with Crippen molar-refractivity contribution >= 4 is 17.5 Å². The van der Waals surface area contributed by atoms with E-state index in [-0.39, 0.29) is 24.0 Å². The quantitative estimate of drug-likeness (QED) is 0.0888. The largest absolute Gasteiger partial charge is 0.380 e. The Morgan fingerprint density at radius 3 is 1.28 bits per heavy atom. The molecule has 0 heterocycles. The van der Waals surface area contributed by atoms with Crippen LogP contribution in [0.3, 0.4) is 0 Å². The van der Waals surface area contributed by atoms with Crippen molar-refractivity contribution in [2.24, 2.45) is 0 Å². The number of carbonyl (C=O) groups is 3. The Bertz CT molecular complexity index is 812. The van der Waals surface area contributed by atoms with Crippen molar-refractivity contribution in [2.75, 3.05) is 186 Å². The number of rotatable bonds is 41. The zero-order valence-electron chi connectivity index (χ0n) is 34.7. The van der Waals surface area contributed by atoms with E-state index in [0.29, 0.717) is 144 Å². The van der Waals surface area contributed by atoms with Crippen molar-refractivity contribution in [1.29, 1.82) is 0 Å². The van der Waals surface area contributed by atoms with Gasteiger partial charge in [0.2, 0.25) is 5.91 Å². The van der Waals surface area contributed by atoms with E-state index < -0.39 is 0 Å². The second-order valence-corrected chi connectivity index (χ2v) is 13.8. The number of hydrogen-bond acceptors (Lipinski definition) is 14. The summed E-state index contributed by atoms with van der Waals surface area (Å²) in [4.78, 5) is 47.5. The van der Waals surface area contributed by atoms with Gasteiger partial charge in [0, 0.05) is 85.1 Å². The maximum atomic E-state index is 12.7. The first-order valence-corrected chi connectivity index (χ1v) is 19.8. The zero-order chi connectivity index (χ0) is 39.4. The van der Waals surface area contributed by atoms with Gasteiger partial charge >= 0.3 is 0 Å². The molecule has 0 atom stereocenters. The fourth-order valence-corrected chi connectivity index (χ4v) is 4.90. The number of Topliss-reactive ketones (excluding diaryl/α,β-unsaturated/α-hetero) is 2. The molecule has 0 unspecified atom stereocenters. The van der Waals surface area contributed by atoms with Gasteiger partial charge in [-0.3, -0.25) is 29.1 Å². The summed E-state index contributed by atoms with van der Waals surface area (Å²) in [6.07, 6.45) is 3.03. The number of carbonyl (C=O) groups excluding carboxylic acids is 3. The third-order valence-electron chi connectivity index (χ3n) is 7.90. The summed E-state index contributed by atoms with van der Waals surface area (Å²) in [6, 6.07) is 0. The highest BCUT2D eigenvalue weighted by Crippen LogP contribution is 1.99. The minimum Gasteiger partial charge on any atom is -0.380 e. The van der Waals surface area contributed by atoms with Gasteiger partial charge < -0.3 is 43.5 Å². The predicted octanol–water partition coefficient (Wildman–Crippen LogP) is 0.990. The normalized spacial score (nSPS) is 11.9. The fourth-order valence-electron chi connectivity index (χ4n) is 4.90. The van der Waals surface area contributed by atoms with Gasteiger partial charge in [-0.1, -0.05) is 13.8 Å². The van der Waals surface area contributed by atoms with E-state index >= 15 is 0 Å². The van der Waals surface area contributed by atoms with Crippen LogP contribution in [0.25, 0.3) is 0 Å². The molecule has 0 bridgehead atoms. The van der Waals surface area contributed by atoms with Gasteiger partial charge in [0.15, 0.2) is 0 Å². The van der Waals surface area contributed by atoms with Crippen molar-refractivity contribution in [3.63, 3.8) is 0 Å². The Labute approximate surface area is 322 Å². The summed E-state index contributed by atoms with van der Waals surface area (Å²) in [6.45, 7) is 19.5. The molecule has 53 heavy (non-hydrogen) atoms. The Balaban J connectivity index is 4.34. The van der Waals surface area contributed by atoms with Crippen LogP contribution >= 0.6 is 0 Å². The molecule has 15 heteroatoms. The second-order valence-electron chi connectivity index (χ2n) is 13.8. The molecular formula is C38H78N6O9. The lowest BCUT2D eigenvalue weighted by Crippen LogP contribution is -2.41. The topological polar surface area (TPSA) is 135 Å². The molecule has 1 amide bonds. The maximum absolute atomic E-state index is 12.7. The number of likely N-dealkylation sites (N-methyl/N-ethyl adjacent to an activating group) is 2. The fraction of sp³-hybridized carbons (Fsp3) is 0.921. The molecule has 0 saturated heterocycles. The Kier molecular flexibility index (Phi) is 36.2. The van der Waals surface area contributed by atoms with E-state index in [1.54, 1.807) is 6.92 Å². The van der Waals surface area contributed by atoms with Crippen molar-refractivity contribution in [3.8, 4) is 0 Å². The molecule has 0 aliphatic rings. The molecule has 0 aliphatic heterocycles. The highest BCUT2D eigenvalue weighted by Gasteiger charge is 2.13. The van der Waals surface area contributed by atoms with Crippen molar-refractivity contribution in [1.82, 2.24) is 29.8 Å². The predicted molar refractivity (Wildman–Crippen MR) is 210 cm³/mol. The van der Waals surface area contributed by atoms with Gasteiger partial charge in [0.1, 0.15) is 11.6 Å². The first kappa shape index (κ1) is 51.4. The number of nitrogens with one attached hydrogen (secondary N) is 1. The van der Waals surface area contributed by atoms with Crippen LogP contribution in [0, 0.1) is 0 Å². The molecule has 0 aromatic rings. The van der Waals surface area contributed by atoms with Gasteiger partial charge in [-0.05, 0) is 54.4 Å². The van der Waals surface area contributed by atoms with E-state index in [0.717, 1.165) is 32.5 Å². The van der Waals surface area contributed by atoms with Crippen LogP contribution in [0.2, 0.25) is 0 Å². The van der Waals surface area contributed by atoms with E-state index in [2.05, 4.69) is 33.9 Å². The Morgan fingerprint density at radius 1 is 0.472 bits per heavy atom. The highest BCUT2D eigenvalue weighted by molar-refractivity contribution is 5.80. The standard InChI is InChI=1S/C38H78N6O9/c1-8-21-48-27-17-43(18-31-52-25-13-40(4)5)34-37(46)11-10-23-50-29-15-42(33-36(3)45)16-30-51-24-12-39-38(47)35-44(19-28-49-22-9-2)20-32-53-26-14-41(6)7/h8-35H2,1-7H3,(H,39,47). The van der Waals surface area contributed by atoms with E-state index in [9.17, 15) is 14.4 Å². The average Bonchev–Trinajstić information content (AvgIpc) is 3.10. The molecule has 0 rings (SSSR count). The van der Waals surface area contributed by atoms with Crippen LogP contribution in [0.4, 0.5) is 0 Å². The van der Waals surface area contributed by atoms with Crippen molar-refractivity contribution < 1.29 is 42.8 Å². The summed E-state index contributed by atoms with van der Waals surface area (Å²) < 4.78 is 34.3. The van der Waals surface area contributed by atoms with Gasteiger partial charge in [0.05, 0.1) is 79.1 Å². The summed E-state index contributed by atoms with van der Waals surface area (Å²) in [5.41, 5.74) is 0. The average molecular weight is 763 g/mol. The molecule has 1 N–H and O–H groups in total. The van der Waals surface area contributed by atoms with E-state index in [4.69, 9.17) is 28.4 Å². The summed E-state index contributed by atoms with van der Waals surface area (Å²) >= 11 is 0. The molecule has 0 saturated carbocycles. The van der Waals surface area contributed by atoms with Crippen LogP contribution in [0.1, 0.15) is 46.5 Å². The molecule has 15 nitrogen and oxygen atoms in total. The van der Waals surface area contributed by atoms with Crippen LogP contribution in [0.15, 0.2) is 0 Å². The molecule has 0 aliphatic carbocycles. The minimum atomic E-state index is -0.0652. The Hall–Kier alpha value is -1.63. The van der Waals surface area contributed by atoms with Crippen molar-refractivity contribution in [3.05, 3.63) is 0 Å². The molecule has 0 radical (unpaired) electrons. The molecule has 314 valence electrons. The number of ketones is 2. The third kappa shape index (κ3) is 37.1. The van der Waals surface area contributed by atoms with Crippen LogP contribution < -0.4 is 5.32 Å². The number of amides is 1. The third-order valence-corrected chi connectivity index (χ3v) is 7.90. The van der Waals surface area contributed by atoms with Gasteiger partial charge in [-0.2, -0.15) is 0 Å². The molecule has 0 aromatic carbocycles. The lowest BCUT2D eigenvalue weighted by atomic mass is 10.2. The second kappa shape index (κ2) is 37.3.